The Kier molecular flexibility index (Phi) is 6.45. The number of carbonyl (C=O) groups is 2. The second-order valence-electron chi connectivity index (χ2n) is 7.47. The van der Waals surface area contributed by atoms with Crippen molar-refractivity contribution < 1.29 is 9.59 Å². The molecule has 1 aromatic heterocycles. The van der Waals surface area contributed by atoms with Crippen molar-refractivity contribution in [2.24, 2.45) is 15.9 Å². The van der Waals surface area contributed by atoms with E-state index >= 15 is 0 Å². The Hall–Kier alpha value is -3.33. The molecule has 1 N–H and O–H groups in total. The molecule has 0 saturated carbocycles. The van der Waals surface area contributed by atoms with Crippen LogP contribution in [-0.2, 0) is 11.3 Å². The summed E-state index contributed by atoms with van der Waals surface area (Å²) in [5.41, 5.74) is 1.30. The van der Waals surface area contributed by atoms with E-state index in [0.717, 1.165) is 0 Å². The summed E-state index contributed by atoms with van der Waals surface area (Å²) in [5, 5.41) is 12.1. The van der Waals surface area contributed by atoms with Gasteiger partial charge in [0.15, 0.2) is 11.0 Å². The molecule has 9 heteroatoms. The highest BCUT2D eigenvalue weighted by Gasteiger charge is 2.29. The lowest BCUT2D eigenvalue weighted by atomic mass is 9.96. The number of hydrogen-bond acceptors (Lipinski definition) is 6. The van der Waals surface area contributed by atoms with Crippen LogP contribution < -0.4 is 5.32 Å². The summed E-state index contributed by atoms with van der Waals surface area (Å²) in [7, 11) is 0. The number of amidine groups is 1. The topological polar surface area (TPSA) is 102 Å². The van der Waals surface area contributed by atoms with Crippen LogP contribution in [0, 0.1) is 5.92 Å². The highest BCUT2D eigenvalue weighted by molar-refractivity contribution is 8.00. The van der Waals surface area contributed by atoms with Crippen molar-refractivity contribution in [1.29, 1.82) is 0 Å². The van der Waals surface area contributed by atoms with Crippen LogP contribution >= 0.6 is 11.8 Å². The first kappa shape index (κ1) is 21.9. The van der Waals surface area contributed by atoms with Crippen LogP contribution in [-0.4, -0.2) is 43.4 Å². The van der Waals surface area contributed by atoms with E-state index in [1.807, 2.05) is 67.8 Å². The van der Waals surface area contributed by atoms with Crippen molar-refractivity contribution >= 4 is 35.1 Å². The first-order valence-corrected chi connectivity index (χ1v) is 11.4. The Labute approximate surface area is 190 Å². The number of aromatic nitrogens is 3. The molecule has 1 aromatic carbocycles. The molecule has 8 nitrogen and oxygen atoms in total. The summed E-state index contributed by atoms with van der Waals surface area (Å²) >= 11 is 1.44. The number of allylic oxidation sites excluding steroid dienone is 3. The van der Waals surface area contributed by atoms with Gasteiger partial charge in [-0.15, -0.1) is 10.2 Å². The average Bonchev–Trinajstić information content (AvgIpc) is 3.22. The van der Waals surface area contributed by atoms with Gasteiger partial charge in [-0.1, -0.05) is 48.2 Å². The van der Waals surface area contributed by atoms with Gasteiger partial charge >= 0.3 is 0 Å². The van der Waals surface area contributed by atoms with Gasteiger partial charge in [0.1, 0.15) is 11.8 Å². The number of nitrogens with zero attached hydrogens (tertiary/aromatic N) is 5. The smallest absolute Gasteiger partial charge is 0.260 e. The van der Waals surface area contributed by atoms with Crippen LogP contribution in [0.5, 0.6) is 0 Å². The van der Waals surface area contributed by atoms with Crippen LogP contribution in [0.25, 0.3) is 0 Å². The van der Waals surface area contributed by atoms with Crippen molar-refractivity contribution in [2.75, 3.05) is 0 Å². The molecule has 1 aliphatic carbocycles. The van der Waals surface area contributed by atoms with Gasteiger partial charge in [0, 0.05) is 12.1 Å². The Morgan fingerprint density at radius 1 is 1.16 bits per heavy atom. The van der Waals surface area contributed by atoms with Crippen molar-refractivity contribution in [2.45, 2.75) is 43.8 Å². The zero-order valence-electron chi connectivity index (χ0n) is 18.1. The molecule has 164 valence electrons. The van der Waals surface area contributed by atoms with E-state index in [4.69, 9.17) is 0 Å². The van der Waals surface area contributed by atoms with Crippen molar-refractivity contribution in [3.63, 3.8) is 0 Å². The van der Waals surface area contributed by atoms with E-state index in [0.29, 0.717) is 34.6 Å². The zero-order valence-corrected chi connectivity index (χ0v) is 18.9. The normalized spacial score (nSPS) is 19.1. The Morgan fingerprint density at radius 2 is 1.94 bits per heavy atom. The lowest BCUT2D eigenvalue weighted by molar-refractivity contribution is -0.118. The van der Waals surface area contributed by atoms with Gasteiger partial charge in [0.25, 0.3) is 11.8 Å². The highest BCUT2D eigenvalue weighted by atomic mass is 32.2. The molecule has 4 rings (SSSR count). The molecule has 0 fully saturated rings. The van der Waals surface area contributed by atoms with Crippen LogP contribution in [0.4, 0.5) is 0 Å². The predicted octanol–water partition coefficient (Wildman–Crippen LogP) is 3.39. The van der Waals surface area contributed by atoms with E-state index in [9.17, 15) is 9.59 Å². The summed E-state index contributed by atoms with van der Waals surface area (Å²) in [4.78, 5) is 33.7. The molecular formula is C23H24N6O2S. The van der Waals surface area contributed by atoms with Gasteiger partial charge in [-0.3, -0.25) is 9.59 Å². The fourth-order valence-corrected chi connectivity index (χ4v) is 4.48. The van der Waals surface area contributed by atoms with Gasteiger partial charge in [-0.05, 0) is 39.0 Å². The molecule has 3 unspecified atom stereocenters. The van der Waals surface area contributed by atoms with E-state index in [1.54, 1.807) is 12.1 Å². The van der Waals surface area contributed by atoms with Gasteiger partial charge in [-0.25, -0.2) is 4.99 Å². The van der Waals surface area contributed by atoms with Gasteiger partial charge < -0.3 is 9.88 Å². The third-order valence-corrected chi connectivity index (χ3v) is 6.29. The number of rotatable bonds is 7. The first-order chi connectivity index (χ1) is 15.5. The second-order valence-corrected chi connectivity index (χ2v) is 8.78. The molecule has 0 spiro atoms. The molecule has 0 radical (unpaired) electrons. The second kappa shape index (κ2) is 9.44. The molecule has 0 bridgehead atoms. The number of hydrogen-bond donors (Lipinski definition) is 1. The van der Waals surface area contributed by atoms with E-state index in [1.165, 1.54) is 11.8 Å². The number of aliphatic imine (C=N–C) groups is 2. The fraction of sp³-hybridized carbons (Fsp3) is 0.304. The number of nitrogens with one attached hydrogen (secondary N) is 1. The SMILES string of the molecule is CCn1c(SC(C)C2=NC(=O)C3C=CC=CC3=N2)nnc1C(C)NC(=O)c1ccccc1. The number of fused-ring (bicyclic) bond motifs is 1. The number of thioether (sulfide) groups is 1. The van der Waals surface area contributed by atoms with Crippen LogP contribution in [0.15, 0.2) is 69.8 Å². The third kappa shape index (κ3) is 4.47. The van der Waals surface area contributed by atoms with Crippen LogP contribution in [0.1, 0.15) is 43.0 Å². The van der Waals surface area contributed by atoms with Gasteiger partial charge in [-0.2, -0.15) is 4.99 Å². The predicted molar refractivity (Wildman–Crippen MR) is 125 cm³/mol. The van der Waals surface area contributed by atoms with E-state index in [-0.39, 0.29) is 29.0 Å². The number of carbonyl (C=O) groups excluding carboxylic acids is 2. The maximum absolute atomic E-state index is 12.5. The Morgan fingerprint density at radius 3 is 2.69 bits per heavy atom. The Bertz CT molecular complexity index is 1150. The minimum atomic E-state index is -0.388. The van der Waals surface area contributed by atoms with Gasteiger partial charge in [0.05, 0.1) is 17.0 Å². The number of benzene rings is 1. The zero-order chi connectivity index (χ0) is 22.7. The third-order valence-electron chi connectivity index (χ3n) is 5.21. The molecule has 2 aliphatic rings. The van der Waals surface area contributed by atoms with E-state index in [2.05, 4.69) is 25.5 Å². The molecule has 2 amide bonds. The maximum Gasteiger partial charge on any atom is 0.260 e. The standard InChI is InChI=1S/C23H24N6O2S/c1-4-29-20(14(2)24-21(30)16-10-6-5-7-11-16)27-28-23(29)32-15(3)19-25-18-13-9-8-12-17(18)22(31)26-19/h5-15,17H,4H2,1-3H3,(H,24,30). The monoisotopic (exact) mass is 448 g/mol. The average molecular weight is 449 g/mol. The quantitative estimate of drug-likeness (QED) is 0.654. The molecule has 3 atom stereocenters. The number of amides is 2. The largest absolute Gasteiger partial charge is 0.342 e. The maximum atomic E-state index is 12.5. The minimum Gasteiger partial charge on any atom is -0.342 e. The molecule has 0 saturated heterocycles. The lowest BCUT2D eigenvalue weighted by Gasteiger charge is -2.20. The molecule has 1 aliphatic heterocycles. The fourth-order valence-electron chi connectivity index (χ4n) is 3.52. The summed E-state index contributed by atoms with van der Waals surface area (Å²) < 4.78 is 1.96. The van der Waals surface area contributed by atoms with Crippen molar-refractivity contribution in [3.8, 4) is 0 Å². The lowest BCUT2D eigenvalue weighted by Crippen LogP contribution is -2.30. The van der Waals surface area contributed by atoms with Crippen LogP contribution in [0.2, 0.25) is 0 Å². The Balaban J connectivity index is 1.49. The summed E-state index contributed by atoms with van der Waals surface area (Å²) in [6.45, 7) is 6.46. The first-order valence-electron chi connectivity index (χ1n) is 10.5. The molecular weight excluding hydrogens is 424 g/mol. The van der Waals surface area contributed by atoms with Gasteiger partial charge in [0.2, 0.25) is 0 Å². The molecule has 32 heavy (non-hydrogen) atoms. The van der Waals surface area contributed by atoms with Crippen molar-refractivity contribution in [1.82, 2.24) is 20.1 Å². The highest BCUT2D eigenvalue weighted by Crippen LogP contribution is 2.28. The summed E-state index contributed by atoms with van der Waals surface area (Å²) in [6, 6.07) is 8.74. The summed E-state index contributed by atoms with van der Waals surface area (Å²) in [5.74, 6) is 0.388. The minimum absolute atomic E-state index is 0.165. The summed E-state index contributed by atoms with van der Waals surface area (Å²) in [6.07, 6.45) is 7.36. The van der Waals surface area contributed by atoms with Crippen LogP contribution in [0.3, 0.4) is 0 Å². The molecule has 2 heterocycles. The van der Waals surface area contributed by atoms with E-state index < -0.39 is 0 Å². The molecule has 2 aromatic rings. The van der Waals surface area contributed by atoms with Crippen molar-refractivity contribution in [3.05, 3.63) is 66.0 Å².